The summed E-state index contributed by atoms with van der Waals surface area (Å²) in [6.07, 6.45) is 0.210. The Labute approximate surface area is 215 Å². The van der Waals surface area contributed by atoms with Gasteiger partial charge in [0.25, 0.3) is 5.91 Å². The number of piperidine rings is 1. The fourth-order valence-electron chi connectivity index (χ4n) is 4.52. The van der Waals surface area contributed by atoms with Crippen LogP contribution in [0.25, 0.3) is 22.2 Å². The Morgan fingerprint density at radius 3 is 2.45 bits per heavy atom. The molecule has 0 aliphatic carbocycles. The molecular formula is C26H26F3N5O4. The van der Waals surface area contributed by atoms with Crippen molar-refractivity contribution in [3.8, 4) is 11.3 Å². The van der Waals surface area contributed by atoms with Crippen molar-refractivity contribution >= 4 is 40.6 Å². The van der Waals surface area contributed by atoms with Gasteiger partial charge < -0.3 is 20.7 Å². The van der Waals surface area contributed by atoms with Gasteiger partial charge in [0.2, 0.25) is 5.91 Å². The number of hydrogen-bond donors (Lipinski definition) is 5. The van der Waals surface area contributed by atoms with E-state index in [0.29, 0.717) is 23.6 Å². The molecule has 1 saturated heterocycles. The zero-order valence-electron chi connectivity index (χ0n) is 20.2. The number of carbonyl (C=O) groups excluding carboxylic acids is 2. The average Bonchev–Trinajstić information content (AvgIpc) is 3.17. The number of nitrogens with one attached hydrogen (secondary N) is 4. The number of carboxylic acids is 1. The minimum atomic E-state index is -5.08. The Kier molecular flexibility index (Phi) is 8.10. The van der Waals surface area contributed by atoms with Crippen molar-refractivity contribution in [3.63, 3.8) is 0 Å². The number of aromatic nitrogens is 1. The van der Waals surface area contributed by atoms with Crippen LogP contribution in [0.15, 0.2) is 47.6 Å². The van der Waals surface area contributed by atoms with Crippen molar-refractivity contribution in [2.45, 2.75) is 31.9 Å². The highest BCUT2D eigenvalue weighted by Crippen LogP contribution is 2.34. The lowest BCUT2D eigenvalue weighted by molar-refractivity contribution is -0.192. The highest BCUT2D eigenvalue weighted by Gasteiger charge is 2.38. The first-order valence-corrected chi connectivity index (χ1v) is 12.0. The van der Waals surface area contributed by atoms with E-state index >= 15 is 0 Å². The number of carboxylic acid groups (broad SMARTS) is 1. The third-order valence-electron chi connectivity index (χ3n) is 6.37. The van der Waals surface area contributed by atoms with Gasteiger partial charge in [-0.15, -0.1) is 0 Å². The first kappa shape index (κ1) is 26.9. The molecule has 1 aromatic heterocycles. The van der Waals surface area contributed by atoms with Gasteiger partial charge in [-0.1, -0.05) is 30.3 Å². The predicted octanol–water partition coefficient (Wildman–Crippen LogP) is 4.26. The Bertz CT molecular complexity index is 1360. The van der Waals surface area contributed by atoms with Crippen LogP contribution in [-0.4, -0.2) is 53.4 Å². The van der Waals surface area contributed by atoms with Gasteiger partial charge in [-0.2, -0.15) is 18.3 Å². The summed E-state index contributed by atoms with van der Waals surface area (Å²) >= 11 is 0. The zero-order chi connectivity index (χ0) is 27.3. The third kappa shape index (κ3) is 6.38. The van der Waals surface area contributed by atoms with Crippen LogP contribution in [0.5, 0.6) is 0 Å². The Hall–Kier alpha value is -4.19. The number of rotatable bonds is 5. The molecule has 2 aliphatic heterocycles. The maximum absolute atomic E-state index is 12.7. The van der Waals surface area contributed by atoms with E-state index in [2.05, 4.69) is 26.1 Å². The maximum Gasteiger partial charge on any atom is 0.490 e. The molecule has 38 heavy (non-hydrogen) atoms. The SMILES string of the molecule is O=C(CCC1CCNCC1)Nc1cc2c3c(c(-c4ccccc4)[nH]c3c1)C=NNC2=O.O=C(O)C(F)(F)F. The Balaban J connectivity index is 0.000000426. The number of anilines is 1. The fraction of sp³-hybridized carbons (Fsp3) is 0.308. The zero-order valence-corrected chi connectivity index (χ0v) is 20.2. The van der Waals surface area contributed by atoms with Crippen LogP contribution < -0.4 is 16.1 Å². The predicted molar refractivity (Wildman–Crippen MR) is 136 cm³/mol. The van der Waals surface area contributed by atoms with Crippen LogP contribution in [-0.2, 0) is 9.59 Å². The summed E-state index contributed by atoms with van der Waals surface area (Å²) in [5.74, 6) is -2.47. The molecule has 0 radical (unpaired) electrons. The lowest BCUT2D eigenvalue weighted by atomic mass is 9.93. The van der Waals surface area contributed by atoms with Crippen LogP contribution in [0.2, 0.25) is 0 Å². The fourth-order valence-corrected chi connectivity index (χ4v) is 4.52. The van der Waals surface area contributed by atoms with Gasteiger partial charge in [0.1, 0.15) is 0 Å². The van der Waals surface area contributed by atoms with Gasteiger partial charge >= 0.3 is 12.1 Å². The second-order valence-electron chi connectivity index (χ2n) is 9.01. The first-order valence-electron chi connectivity index (χ1n) is 12.0. The number of aliphatic carboxylic acids is 1. The summed E-state index contributed by atoms with van der Waals surface area (Å²) in [4.78, 5) is 37.6. The third-order valence-corrected chi connectivity index (χ3v) is 6.37. The molecule has 5 rings (SSSR count). The minimum absolute atomic E-state index is 0.0228. The minimum Gasteiger partial charge on any atom is -0.475 e. The Morgan fingerprint density at radius 1 is 1.11 bits per heavy atom. The number of carbonyl (C=O) groups is 3. The molecule has 0 saturated carbocycles. The summed E-state index contributed by atoms with van der Waals surface area (Å²) < 4.78 is 31.7. The number of hydrazone groups is 1. The number of nitrogens with zero attached hydrogens (tertiary/aromatic N) is 1. The first-order chi connectivity index (χ1) is 18.1. The van der Waals surface area contributed by atoms with Crippen LogP contribution in [0.3, 0.4) is 0 Å². The molecule has 1 fully saturated rings. The van der Waals surface area contributed by atoms with E-state index in [1.165, 1.54) is 0 Å². The number of hydrogen-bond acceptors (Lipinski definition) is 5. The summed E-state index contributed by atoms with van der Waals surface area (Å²) in [7, 11) is 0. The molecule has 2 aliphatic rings. The van der Waals surface area contributed by atoms with E-state index in [1.54, 1.807) is 12.3 Å². The standard InChI is InChI=1S/C24H25N5O2.C2HF3O2/c30-21(7-6-15-8-10-25-11-9-15)27-17-12-18-22-19(14-26-29-24(18)31)23(28-20(22)13-17)16-4-2-1-3-5-16;3-2(4,5)1(6)7/h1-5,12-15,25,28H,6-11H2,(H,27,30)(H,29,31);(H,6,7). The highest BCUT2D eigenvalue weighted by molar-refractivity contribution is 6.18. The van der Waals surface area contributed by atoms with Crippen molar-refractivity contribution in [2.75, 3.05) is 18.4 Å². The van der Waals surface area contributed by atoms with Gasteiger partial charge in [0.15, 0.2) is 0 Å². The van der Waals surface area contributed by atoms with Crippen molar-refractivity contribution in [1.82, 2.24) is 15.7 Å². The van der Waals surface area contributed by atoms with Crippen molar-refractivity contribution in [2.24, 2.45) is 11.0 Å². The van der Waals surface area contributed by atoms with E-state index in [1.807, 2.05) is 36.4 Å². The molecule has 3 heterocycles. The lowest BCUT2D eigenvalue weighted by Crippen LogP contribution is -2.28. The molecule has 2 amide bonds. The summed E-state index contributed by atoms with van der Waals surface area (Å²) in [5, 5.41) is 18.4. The molecule has 0 unspecified atom stereocenters. The number of alkyl halides is 3. The molecule has 9 nitrogen and oxygen atoms in total. The summed E-state index contributed by atoms with van der Waals surface area (Å²) in [6.45, 7) is 2.06. The maximum atomic E-state index is 12.7. The Morgan fingerprint density at radius 2 is 1.79 bits per heavy atom. The number of aromatic amines is 1. The van der Waals surface area contributed by atoms with E-state index < -0.39 is 12.1 Å². The number of H-pyrrole nitrogens is 1. The van der Waals surface area contributed by atoms with Crippen LogP contribution >= 0.6 is 0 Å². The number of halogens is 3. The molecule has 0 bridgehead atoms. The van der Waals surface area contributed by atoms with Gasteiger partial charge in [0.05, 0.1) is 17.5 Å². The molecule has 200 valence electrons. The van der Waals surface area contributed by atoms with Crippen LogP contribution in [0.4, 0.5) is 18.9 Å². The average molecular weight is 530 g/mol. The van der Waals surface area contributed by atoms with Gasteiger partial charge in [-0.25, -0.2) is 10.2 Å². The van der Waals surface area contributed by atoms with Gasteiger partial charge in [-0.3, -0.25) is 9.59 Å². The normalized spacial score (nSPS) is 15.3. The van der Waals surface area contributed by atoms with E-state index in [4.69, 9.17) is 9.90 Å². The van der Waals surface area contributed by atoms with Crippen molar-refractivity contribution in [1.29, 1.82) is 0 Å². The smallest absolute Gasteiger partial charge is 0.475 e. The highest BCUT2D eigenvalue weighted by atomic mass is 19.4. The largest absolute Gasteiger partial charge is 0.490 e. The summed E-state index contributed by atoms with van der Waals surface area (Å²) in [6, 6.07) is 13.6. The van der Waals surface area contributed by atoms with Crippen molar-refractivity contribution in [3.05, 3.63) is 53.6 Å². The molecule has 0 spiro atoms. The van der Waals surface area contributed by atoms with E-state index in [0.717, 1.165) is 60.1 Å². The van der Waals surface area contributed by atoms with Gasteiger partial charge in [0, 0.05) is 28.6 Å². The van der Waals surface area contributed by atoms with E-state index in [9.17, 15) is 22.8 Å². The van der Waals surface area contributed by atoms with Gasteiger partial charge in [-0.05, 0) is 56.0 Å². The number of amides is 2. The monoisotopic (exact) mass is 529 g/mol. The topological polar surface area (TPSA) is 136 Å². The van der Waals surface area contributed by atoms with Crippen LogP contribution in [0.1, 0.15) is 41.6 Å². The van der Waals surface area contributed by atoms with E-state index in [-0.39, 0.29) is 11.8 Å². The lowest BCUT2D eigenvalue weighted by Gasteiger charge is -2.22. The molecule has 5 N–H and O–H groups in total. The van der Waals surface area contributed by atoms with Crippen LogP contribution in [0, 0.1) is 5.92 Å². The second-order valence-corrected chi connectivity index (χ2v) is 9.01. The molecule has 2 aromatic carbocycles. The molecule has 3 aromatic rings. The molecular weight excluding hydrogens is 503 g/mol. The quantitative estimate of drug-likeness (QED) is 0.337. The number of benzene rings is 2. The second kappa shape index (κ2) is 11.5. The molecule has 12 heteroatoms. The molecule has 0 atom stereocenters. The van der Waals surface area contributed by atoms with Crippen molar-refractivity contribution < 1.29 is 32.7 Å². The summed E-state index contributed by atoms with van der Waals surface area (Å²) in [5.41, 5.74) is 7.23.